The van der Waals surface area contributed by atoms with Crippen LogP contribution in [0, 0.1) is 0 Å². The molecule has 0 saturated heterocycles. The van der Waals surface area contributed by atoms with Crippen molar-refractivity contribution in [1.29, 1.82) is 0 Å². The molecule has 100 valence electrons. The van der Waals surface area contributed by atoms with E-state index in [-0.39, 0.29) is 16.6 Å². The fraction of sp³-hybridized carbons (Fsp3) is 0.417. The highest BCUT2D eigenvalue weighted by Crippen LogP contribution is 2.16. The Morgan fingerprint density at radius 2 is 1.83 bits per heavy atom. The van der Waals surface area contributed by atoms with Crippen molar-refractivity contribution in [3.63, 3.8) is 0 Å². The molecule has 0 spiro atoms. The van der Waals surface area contributed by atoms with Gasteiger partial charge in [0.15, 0.2) is 9.84 Å². The summed E-state index contributed by atoms with van der Waals surface area (Å²) in [7, 11) is -3.25. The van der Waals surface area contributed by atoms with Gasteiger partial charge in [0.2, 0.25) is 5.91 Å². The molecule has 1 rings (SSSR count). The Hall–Kier alpha value is -1.07. The second-order valence-corrected chi connectivity index (χ2v) is 6.41. The Morgan fingerprint density at radius 3 is 2.33 bits per heavy atom. The normalized spacial score (nSPS) is 11.2. The fourth-order valence-electron chi connectivity index (χ4n) is 1.45. The number of benzene rings is 1. The van der Waals surface area contributed by atoms with Crippen molar-refractivity contribution in [2.24, 2.45) is 0 Å². The minimum absolute atomic E-state index is 0.0964. The summed E-state index contributed by atoms with van der Waals surface area (Å²) in [5, 5.41) is 2.58. The number of halogens is 1. The van der Waals surface area contributed by atoms with Crippen molar-refractivity contribution in [3.05, 3.63) is 24.3 Å². The van der Waals surface area contributed by atoms with Gasteiger partial charge in [-0.15, -0.1) is 11.6 Å². The lowest BCUT2D eigenvalue weighted by Crippen LogP contribution is -2.08. The number of hydrogen-bond acceptors (Lipinski definition) is 3. The van der Waals surface area contributed by atoms with Crippen molar-refractivity contribution >= 4 is 33.0 Å². The zero-order chi connectivity index (χ0) is 13.6. The fourth-order valence-corrected chi connectivity index (χ4v) is 3.01. The average molecular weight is 290 g/mol. The summed E-state index contributed by atoms with van der Waals surface area (Å²) in [6.07, 6.45) is 1.24. The molecule has 18 heavy (non-hydrogen) atoms. The van der Waals surface area contributed by atoms with Crippen molar-refractivity contribution in [3.8, 4) is 0 Å². The summed E-state index contributed by atoms with van der Waals surface area (Å²) >= 11 is 5.51. The Morgan fingerprint density at radius 1 is 1.22 bits per heavy atom. The third-order valence-electron chi connectivity index (χ3n) is 2.33. The van der Waals surface area contributed by atoms with Crippen LogP contribution in [0.1, 0.15) is 19.8 Å². The van der Waals surface area contributed by atoms with Gasteiger partial charge >= 0.3 is 0 Å². The Labute approximate surface area is 112 Å². The van der Waals surface area contributed by atoms with E-state index in [1.54, 1.807) is 12.1 Å². The number of nitrogens with one attached hydrogen (secondary N) is 1. The molecule has 0 fully saturated rings. The molecule has 1 aromatic rings. The zero-order valence-corrected chi connectivity index (χ0v) is 11.7. The molecule has 1 aromatic carbocycles. The molecule has 0 aromatic heterocycles. The van der Waals surface area contributed by atoms with E-state index in [0.717, 1.165) is 0 Å². The van der Waals surface area contributed by atoms with E-state index >= 15 is 0 Å². The summed E-state index contributed by atoms with van der Waals surface area (Å²) in [5.41, 5.74) is 0.585. The molecule has 0 saturated carbocycles. The summed E-state index contributed by atoms with van der Waals surface area (Å²) in [5.74, 6) is 0.378. The maximum Gasteiger partial charge on any atom is 0.221 e. The third kappa shape index (κ3) is 4.66. The molecule has 0 atom stereocenters. The minimum atomic E-state index is -3.25. The molecule has 0 radical (unpaired) electrons. The van der Waals surface area contributed by atoms with E-state index in [4.69, 9.17) is 11.6 Å². The number of rotatable bonds is 6. The number of sulfone groups is 1. The summed E-state index contributed by atoms with van der Waals surface area (Å²) in [6.45, 7) is 1.40. The number of alkyl halides is 1. The Bertz CT molecular complexity index is 497. The maximum absolute atomic E-state index is 11.9. The first-order valence-electron chi connectivity index (χ1n) is 5.62. The van der Waals surface area contributed by atoms with E-state index in [1.807, 2.05) is 0 Å². The summed E-state index contributed by atoms with van der Waals surface area (Å²) in [4.78, 5) is 11.1. The van der Waals surface area contributed by atoms with E-state index in [2.05, 4.69) is 5.32 Å². The van der Waals surface area contributed by atoms with Gasteiger partial charge < -0.3 is 5.32 Å². The predicted octanol–water partition coefficient (Wildman–Crippen LogP) is 2.44. The monoisotopic (exact) mass is 289 g/mol. The van der Waals surface area contributed by atoms with E-state index < -0.39 is 9.84 Å². The van der Waals surface area contributed by atoms with Gasteiger partial charge in [-0.2, -0.15) is 0 Å². The van der Waals surface area contributed by atoms with E-state index in [9.17, 15) is 13.2 Å². The first-order valence-corrected chi connectivity index (χ1v) is 7.81. The molecular formula is C12H16ClNO3S. The zero-order valence-electron chi connectivity index (χ0n) is 10.1. The van der Waals surface area contributed by atoms with Crippen LogP contribution in [0.2, 0.25) is 0 Å². The van der Waals surface area contributed by atoms with Crippen LogP contribution < -0.4 is 5.32 Å². The van der Waals surface area contributed by atoms with Crippen LogP contribution in [-0.2, 0) is 14.6 Å². The van der Waals surface area contributed by atoms with Crippen molar-refractivity contribution in [2.45, 2.75) is 24.7 Å². The molecule has 0 aliphatic rings. The van der Waals surface area contributed by atoms with Gasteiger partial charge in [-0.1, -0.05) is 0 Å². The Balaban J connectivity index is 2.74. The Kier molecular flexibility index (Phi) is 5.62. The molecule has 0 bridgehead atoms. The first kappa shape index (κ1) is 15.0. The molecule has 4 nitrogen and oxygen atoms in total. The van der Waals surface area contributed by atoms with Crippen molar-refractivity contribution < 1.29 is 13.2 Å². The topological polar surface area (TPSA) is 63.2 Å². The van der Waals surface area contributed by atoms with Crippen molar-refractivity contribution in [1.82, 2.24) is 0 Å². The largest absolute Gasteiger partial charge is 0.326 e. The van der Waals surface area contributed by atoms with Crippen LogP contribution in [0.4, 0.5) is 5.69 Å². The number of amides is 1. The number of anilines is 1. The highest BCUT2D eigenvalue weighted by molar-refractivity contribution is 7.91. The highest BCUT2D eigenvalue weighted by Gasteiger charge is 2.13. The van der Waals surface area contributed by atoms with E-state index in [0.29, 0.717) is 24.4 Å². The average Bonchev–Trinajstić information content (AvgIpc) is 2.29. The van der Waals surface area contributed by atoms with Gasteiger partial charge in [-0.25, -0.2) is 8.42 Å². The third-order valence-corrected chi connectivity index (χ3v) is 4.41. The molecule has 0 heterocycles. The first-order chi connectivity index (χ1) is 8.45. The molecule has 6 heteroatoms. The van der Waals surface area contributed by atoms with Crippen LogP contribution >= 0.6 is 11.6 Å². The van der Waals surface area contributed by atoms with Crippen LogP contribution in [-0.4, -0.2) is 26.0 Å². The van der Waals surface area contributed by atoms with Gasteiger partial charge in [0.1, 0.15) is 0 Å². The van der Waals surface area contributed by atoms with Gasteiger partial charge in [0.05, 0.1) is 10.6 Å². The smallest absolute Gasteiger partial charge is 0.221 e. The molecule has 0 unspecified atom stereocenters. The van der Waals surface area contributed by atoms with Crippen LogP contribution in [0.5, 0.6) is 0 Å². The van der Waals surface area contributed by atoms with Gasteiger partial charge in [-0.3, -0.25) is 4.79 Å². The maximum atomic E-state index is 11.9. The van der Waals surface area contributed by atoms with Crippen LogP contribution in [0.25, 0.3) is 0 Å². The predicted molar refractivity (Wildman–Crippen MR) is 72.8 cm³/mol. The standard InChI is InChI=1S/C12H16ClNO3S/c1-10(15)14-11-4-6-12(7-5-11)18(16,17)9-3-2-8-13/h4-7H,2-3,8-9H2,1H3,(H,14,15). The lowest BCUT2D eigenvalue weighted by Gasteiger charge is -2.06. The lowest BCUT2D eigenvalue weighted by atomic mass is 10.3. The molecule has 0 aliphatic carbocycles. The second-order valence-electron chi connectivity index (χ2n) is 3.92. The van der Waals surface area contributed by atoms with Gasteiger partial charge in [-0.05, 0) is 37.1 Å². The number of unbranched alkanes of at least 4 members (excludes halogenated alkanes) is 1. The minimum Gasteiger partial charge on any atom is -0.326 e. The quantitative estimate of drug-likeness (QED) is 0.646. The summed E-state index contributed by atoms with van der Waals surface area (Å²) < 4.78 is 23.8. The van der Waals surface area contributed by atoms with E-state index in [1.165, 1.54) is 19.1 Å². The number of carbonyl (C=O) groups is 1. The SMILES string of the molecule is CC(=O)Nc1ccc(S(=O)(=O)CCCCCl)cc1. The van der Waals surface area contributed by atoms with Gasteiger partial charge in [0.25, 0.3) is 0 Å². The second kappa shape index (κ2) is 6.75. The molecular weight excluding hydrogens is 274 g/mol. The molecule has 1 amide bonds. The number of carbonyl (C=O) groups excluding carboxylic acids is 1. The summed E-state index contributed by atoms with van der Waals surface area (Å²) in [6, 6.07) is 6.16. The van der Waals surface area contributed by atoms with Gasteiger partial charge in [0, 0.05) is 18.5 Å². The highest BCUT2D eigenvalue weighted by atomic mass is 35.5. The van der Waals surface area contributed by atoms with Crippen LogP contribution in [0.3, 0.4) is 0 Å². The molecule has 1 N–H and O–H groups in total. The van der Waals surface area contributed by atoms with Crippen molar-refractivity contribution in [2.75, 3.05) is 16.9 Å². The molecule has 0 aliphatic heterocycles. The number of hydrogen-bond donors (Lipinski definition) is 1. The lowest BCUT2D eigenvalue weighted by molar-refractivity contribution is -0.114. The van der Waals surface area contributed by atoms with Crippen LogP contribution in [0.15, 0.2) is 29.2 Å².